The predicted octanol–water partition coefficient (Wildman–Crippen LogP) is 2.96. The van der Waals surface area contributed by atoms with Gasteiger partial charge < -0.3 is 15.4 Å². The standard InChI is InChI=1S/C16H25ClFN3O/c1-16(2,13-7-6-12(18)10-14(13)17)11-21-15(19-3)20-8-5-9-22-4/h6-7,10H,5,8-9,11H2,1-4H3,(H2,19,20,21). The Labute approximate surface area is 137 Å². The van der Waals surface area contributed by atoms with E-state index in [1.165, 1.54) is 12.1 Å². The van der Waals surface area contributed by atoms with E-state index in [9.17, 15) is 4.39 Å². The second kappa shape index (κ2) is 8.96. The van der Waals surface area contributed by atoms with Crippen LogP contribution in [0.25, 0.3) is 0 Å². The van der Waals surface area contributed by atoms with E-state index in [1.54, 1.807) is 20.2 Å². The van der Waals surface area contributed by atoms with Crippen LogP contribution in [0.1, 0.15) is 25.8 Å². The molecule has 0 heterocycles. The van der Waals surface area contributed by atoms with Gasteiger partial charge in [0, 0.05) is 44.3 Å². The van der Waals surface area contributed by atoms with Gasteiger partial charge in [-0.05, 0) is 24.1 Å². The molecular formula is C16H25ClFN3O. The lowest BCUT2D eigenvalue weighted by Crippen LogP contribution is -2.44. The lowest BCUT2D eigenvalue weighted by Gasteiger charge is -2.27. The first kappa shape index (κ1) is 18.7. The van der Waals surface area contributed by atoms with Crippen LogP contribution in [-0.2, 0) is 10.2 Å². The van der Waals surface area contributed by atoms with E-state index in [2.05, 4.69) is 29.5 Å². The summed E-state index contributed by atoms with van der Waals surface area (Å²) in [6, 6.07) is 4.51. The van der Waals surface area contributed by atoms with Crippen molar-refractivity contribution in [3.05, 3.63) is 34.6 Å². The average molecular weight is 330 g/mol. The van der Waals surface area contributed by atoms with Crippen molar-refractivity contribution < 1.29 is 9.13 Å². The molecule has 1 rings (SSSR count). The minimum atomic E-state index is -0.326. The van der Waals surface area contributed by atoms with Crippen LogP contribution in [0.2, 0.25) is 5.02 Å². The second-order valence-corrected chi connectivity index (χ2v) is 6.11. The van der Waals surface area contributed by atoms with Gasteiger partial charge in [0.15, 0.2) is 5.96 Å². The van der Waals surface area contributed by atoms with Crippen LogP contribution in [-0.4, -0.2) is 39.8 Å². The minimum Gasteiger partial charge on any atom is -0.385 e. The number of rotatable bonds is 7. The van der Waals surface area contributed by atoms with Crippen molar-refractivity contribution in [2.24, 2.45) is 4.99 Å². The van der Waals surface area contributed by atoms with Crippen molar-refractivity contribution in [1.29, 1.82) is 0 Å². The molecular weight excluding hydrogens is 305 g/mol. The number of guanidine groups is 1. The van der Waals surface area contributed by atoms with Gasteiger partial charge in [-0.1, -0.05) is 31.5 Å². The van der Waals surface area contributed by atoms with Crippen molar-refractivity contribution in [3.63, 3.8) is 0 Å². The Morgan fingerprint density at radius 2 is 2.09 bits per heavy atom. The van der Waals surface area contributed by atoms with Crippen molar-refractivity contribution in [2.75, 3.05) is 33.9 Å². The summed E-state index contributed by atoms with van der Waals surface area (Å²) in [7, 11) is 3.41. The van der Waals surface area contributed by atoms with Crippen LogP contribution in [0.4, 0.5) is 4.39 Å². The lowest BCUT2D eigenvalue weighted by atomic mass is 9.84. The van der Waals surface area contributed by atoms with Crippen LogP contribution in [0.15, 0.2) is 23.2 Å². The molecule has 4 nitrogen and oxygen atoms in total. The summed E-state index contributed by atoms with van der Waals surface area (Å²) in [5.74, 6) is 0.399. The zero-order valence-electron chi connectivity index (χ0n) is 13.7. The first-order valence-corrected chi connectivity index (χ1v) is 7.67. The summed E-state index contributed by atoms with van der Waals surface area (Å²) >= 11 is 6.15. The number of hydrogen-bond acceptors (Lipinski definition) is 2. The van der Waals surface area contributed by atoms with E-state index in [0.29, 0.717) is 18.2 Å². The molecule has 0 aliphatic rings. The molecule has 0 aliphatic carbocycles. The highest BCUT2D eigenvalue weighted by Gasteiger charge is 2.23. The van der Waals surface area contributed by atoms with Gasteiger partial charge in [0.25, 0.3) is 0 Å². The number of benzene rings is 1. The summed E-state index contributed by atoms with van der Waals surface area (Å²) < 4.78 is 18.2. The summed E-state index contributed by atoms with van der Waals surface area (Å²) in [6.45, 7) is 6.23. The molecule has 6 heteroatoms. The van der Waals surface area contributed by atoms with Gasteiger partial charge in [0.05, 0.1) is 0 Å². The normalized spacial score (nSPS) is 12.4. The third-order valence-corrected chi connectivity index (χ3v) is 3.71. The zero-order chi connectivity index (χ0) is 16.6. The van der Waals surface area contributed by atoms with Gasteiger partial charge in [-0.25, -0.2) is 4.39 Å². The summed E-state index contributed by atoms with van der Waals surface area (Å²) in [4.78, 5) is 4.18. The molecule has 1 aromatic carbocycles. The molecule has 0 atom stereocenters. The molecule has 22 heavy (non-hydrogen) atoms. The van der Waals surface area contributed by atoms with E-state index >= 15 is 0 Å². The number of nitrogens with one attached hydrogen (secondary N) is 2. The number of aliphatic imine (C=N–C) groups is 1. The van der Waals surface area contributed by atoms with E-state index < -0.39 is 0 Å². The highest BCUT2D eigenvalue weighted by molar-refractivity contribution is 6.31. The van der Waals surface area contributed by atoms with Crippen molar-refractivity contribution in [3.8, 4) is 0 Å². The fourth-order valence-corrected chi connectivity index (χ4v) is 2.51. The summed E-state index contributed by atoms with van der Waals surface area (Å²) in [5, 5.41) is 6.93. The topological polar surface area (TPSA) is 45.7 Å². The number of ether oxygens (including phenoxy) is 1. The highest BCUT2D eigenvalue weighted by Crippen LogP contribution is 2.29. The number of halogens is 2. The molecule has 0 spiro atoms. The van der Waals surface area contributed by atoms with E-state index in [1.807, 2.05) is 0 Å². The molecule has 0 aliphatic heterocycles. The molecule has 0 bridgehead atoms. The molecule has 0 fully saturated rings. The Morgan fingerprint density at radius 1 is 1.36 bits per heavy atom. The van der Waals surface area contributed by atoms with Gasteiger partial charge in [0.2, 0.25) is 0 Å². The molecule has 0 unspecified atom stereocenters. The fraction of sp³-hybridized carbons (Fsp3) is 0.562. The van der Waals surface area contributed by atoms with Crippen LogP contribution >= 0.6 is 11.6 Å². The van der Waals surface area contributed by atoms with Crippen LogP contribution in [0, 0.1) is 5.82 Å². The van der Waals surface area contributed by atoms with Crippen LogP contribution in [0.3, 0.4) is 0 Å². The Morgan fingerprint density at radius 3 is 2.68 bits per heavy atom. The largest absolute Gasteiger partial charge is 0.385 e. The third-order valence-electron chi connectivity index (χ3n) is 3.40. The smallest absolute Gasteiger partial charge is 0.191 e. The van der Waals surface area contributed by atoms with Crippen LogP contribution < -0.4 is 10.6 Å². The molecule has 0 radical (unpaired) electrons. The summed E-state index contributed by atoms with van der Waals surface area (Å²) in [5.41, 5.74) is 0.646. The fourth-order valence-electron chi connectivity index (χ4n) is 2.08. The van der Waals surface area contributed by atoms with Gasteiger partial charge in [-0.2, -0.15) is 0 Å². The quantitative estimate of drug-likeness (QED) is 0.459. The maximum absolute atomic E-state index is 13.2. The molecule has 124 valence electrons. The van der Waals surface area contributed by atoms with E-state index in [-0.39, 0.29) is 11.2 Å². The van der Waals surface area contributed by atoms with Gasteiger partial charge >= 0.3 is 0 Å². The van der Waals surface area contributed by atoms with Gasteiger partial charge in [0.1, 0.15) is 5.82 Å². The van der Waals surface area contributed by atoms with Gasteiger partial charge in [-0.15, -0.1) is 0 Å². The Kier molecular flexibility index (Phi) is 7.62. The van der Waals surface area contributed by atoms with Crippen molar-refractivity contribution in [1.82, 2.24) is 10.6 Å². The zero-order valence-corrected chi connectivity index (χ0v) is 14.4. The van der Waals surface area contributed by atoms with Crippen molar-refractivity contribution >= 4 is 17.6 Å². The monoisotopic (exact) mass is 329 g/mol. The first-order valence-electron chi connectivity index (χ1n) is 7.29. The Bertz CT molecular complexity index is 506. The molecule has 0 saturated heterocycles. The molecule has 1 aromatic rings. The maximum atomic E-state index is 13.2. The SMILES string of the molecule is CN=C(NCCCOC)NCC(C)(C)c1ccc(F)cc1Cl. The third kappa shape index (κ3) is 5.81. The van der Waals surface area contributed by atoms with E-state index in [0.717, 1.165) is 24.5 Å². The Balaban J connectivity index is 2.60. The van der Waals surface area contributed by atoms with Crippen molar-refractivity contribution in [2.45, 2.75) is 25.7 Å². The summed E-state index contributed by atoms with van der Waals surface area (Å²) in [6.07, 6.45) is 0.907. The number of methoxy groups -OCH3 is 1. The molecule has 0 aromatic heterocycles. The highest BCUT2D eigenvalue weighted by atomic mass is 35.5. The molecule has 2 N–H and O–H groups in total. The number of nitrogens with zero attached hydrogens (tertiary/aromatic N) is 1. The lowest BCUT2D eigenvalue weighted by molar-refractivity contribution is 0.195. The second-order valence-electron chi connectivity index (χ2n) is 5.71. The molecule has 0 saturated carbocycles. The van der Waals surface area contributed by atoms with Gasteiger partial charge in [-0.3, -0.25) is 4.99 Å². The minimum absolute atomic E-state index is 0.255. The van der Waals surface area contributed by atoms with Crippen LogP contribution in [0.5, 0.6) is 0 Å². The van der Waals surface area contributed by atoms with E-state index in [4.69, 9.17) is 16.3 Å². The first-order chi connectivity index (χ1) is 10.4. The maximum Gasteiger partial charge on any atom is 0.191 e. The Hall–Kier alpha value is -1.33. The average Bonchev–Trinajstić information content (AvgIpc) is 2.46. The number of hydrogen-bond donors (Lipinski definition) is 2. The molecule has 0 amide bonds. The predicted molar refractivity (Wildman–Crippen MR) is 90.3 cm³/mol.